The molecular formula is C15H20F2N2O2. The van der Waals surface area contributed by atoms with E-state index in [1.54, 1.807) is 0 Å². The Morgan fingerprint density at radius 1 is 1.38 bits per heavy atom. The standard InChI is InChI=1S/C15H20F2N2O2/c1-2-19-7-5-12(6-8-19)18-15(20)10-21-14-4-3-11(16)9-13(14)17/h3-4,9,12H,2,5-8,10H2,1H3,(H,18,20). The van der Waals surface area contributed by atoms with Crippen molar-refractivity contribution < 1.29 is 18.3 Å². The molecule has 21 heavy (non-hydrogen) atoms. The van der Waals surface area contributed by atoms with E-state index in [4.69, 9.17) is 4.74 Å². The first-order chi connectivity index (χ1) is 10.1. The van der Waals surface area contributed by atoms with Gasteiger partial charge in [0.2, 0.25) is 0 Å². The first kappa shape index (κ1) is 15.7. The molecule has 1 aromatic rings. The zero-order valence-corrected chi connectivity index (χ0v) is 12.1. The van der Waals surface area contributed by atoms with Gasteiger partial charge in [-0.15, -0.1) is 0 Å². The molecule has 1 heterocycles. The molecule has 1 fully saturated rings. The fourth-order valence-electron chi connectivity index (χ4n) is 2.40. The van der Waals surface area contributed by atoms with Crippen LogP contribution in [-0.2, 0) is 4.79 Å². The van der Waals surface area contributed by atoms with Crippen molar-refractivity contribution in [2.45, 2.75) is 25.8 Å². The zero-order valence-electron chi connectivity index (χ0n) is 12.1. The van der Waals surface area contributed by atoms with Crippen molar-refractivity contribution in [2.75, 3.05) is 26.2 Å². The van der Waals surface area contributed by atoms with Crippen LogP contribution in [0.2, 0.25) is 0 Å². The molecule has 0 aliphatic carbocycles. The molecule has 4 nitrogen and oxygen atoms in total. The van der Waals surface area contributed by atoms with Gasteiger partial charge in [-0.1, -0.05) is 6.92 Å². The fraction of sp³-hybridized carbons (Fsp3) is 0.533. The van der Waals surface area contributed by atoms with Crippen molar-refractivity contribution >= 4 is 5.91 Å². The lowest BCUT2D eigenvalue weighted by Gasteiger charge is -2.31. The summed E-state index contributed by atoms with van der Waals surface area (Å²) in [6, 6.07) is 3.14. The van der Waals surface area contributed by atoms with Gasteiger partial charge in [0.15, 0.2) is 18.2 Å². The van der Waals surface area contributed by atoms with Gasteiger partial charge in [0.25, 0.3) is 5.91 Å². The van der Waals surface area contributed by atoms with E-state index in [-0.39, 0.29) is 24.3 Å². The van der Waals surface area contributed by atoms with Crippen molar-refractivity contribution in [2.24, 2.45) is 0 Å². The minimum absolute atomic E-state index is 0.118. The Bertz CT molecular complexity index is 489. The number of ether oxygens (including phenoxy) is 1. The Labute approximate surface area is 123 Å². The minimum Gasteiger partial charge on any atom is -0.481 e. The Balaban J connectivity index is 1.75. The summed E-state index contributed by atoms with van der Waals surface area (Å²) in [4.78, 5) is 14.1. The Hall–Kier alpha value is -1.69. The van der Waals surface area contributed by atoms with E-state index in [9.17, 15) is 13.6 Å². The highest BCUT2D eigenvalue weighted by atomic mass is 19.1. The minimum atomic E-state index is -0.806. The van der Waals surface area contributed by atoms with Crippen molar-refractivity contribution in [1.29, 1.82) is 0 Å². The van der Waals surface area contributed by atoms with Gasteiger partial charge in [0, 0.05) is 25.2 Å². The van der Waals surface area contributed by atoms with E-state index in [1.165, 1.54) is 6.07 Å². The summed E-state index contributed by atoms with van der Waals surface area (Å²) in [5, 5.41) is 2.88. The van der Waals surface area contributed by atoms with Crippen molar-refractivity contribution in [3.8, 4) is 5.75 Å². The number of hydrogen-bond donors (Lipinski definition) is 1. The number of carbonyl (C=O) groups is 1. The van der Waals surface area contributed by atoms with E-state index in [2.05, 4.69) is 17.1 Å². The number of nitrogens with one attached hydrogen (secondary N) is 1. The second kappa shape index (κ2) is 7.36. The third-order valence-electron chi connectivity index (χ3n) is 3.65. The topological polar surface area (TPSA) is 41.6 Å². The molecule has 1 aliphatic heterocycles. The van der Waals surface area contributed by atoms with Crippen LogP contribution < -0.4 is 10.1 Å². The fourth-order valence-corrected chi connectivity index (χ4v) is 2.40. The Morgan fingerprint density at radius 3 is 2.71 bits per heavy atom. The Morgan fingerprint density at radius 2 is 2.10 bits per heavy atom. The lowest BCUT2D eigenvalue weighted by molar-refractivity contribution is -0.124. The summed E-state index contributed by atoms with van der Waals surface area (Å²) in [5.41, 5.74) is 0. The van der Waals surface area contributed by atoms with Crippen LogP contribution >= 0.6 is 0 Å². The summed E-state index contributed by atoms with van der Waals surface area (Å²) in [6.45, 7) is 4.80. The molecule has 0 saturated carbocycles. The van der Waals surface area contributed by atoms with Crippen LogP contribution in [0.25, 0.3) is 0 Å². The van der Waals surface area contributed by atoms with Crippen LogP contribution in [-0.4, -0.2) is 43.1 Å². The maximum atomic E-state index is 13.3. The van der Waals surface area contributed by atoms with Crippen LogP contribution in [0.15, 0.2) is 18.2 Å². The lowest BCUT2D eigenvalue weighted by atomic mass is 10.1. The smallest absolute Gasteiger partial charge is 0.258 e. The van der Waals surface area contributed by atoms with E-state index < -0.39 is 11.6 Å². The van der Waals surface area contributed by atoms with Crippen LogP contribution in [0.1, 0.15) is 19.8 Å². The van der Waals surface area contributed by atoms with Crippen LogP contribution in [0, 0.1) is 11.6 Å². The number of likely N-dealkylation sites (tertiary alicyclic amines) is 1. The summed E-state index contributed by atoms with van der Waals surface area (Å²) >= 11 is 0. The van der Waals surface area contributed by atoms with Crippen molar-refractivity contribution in [3.63, 3.8) is 0 Å². The highest BCUT2D eigenvalue weighted by Gasteiger charge is 2.19. The molecule has 1 aliphatic rings. The van der Waals surface area contributed by atoms with Gasteiger partial charge in [-0.3, -0.25) is 4.79 Å². The first-order valence-corrected chi connectivity index (χ1v) is 7.18. The molecule has 1 N–H and O–H groups in total. The average Bonchev–Trinajstić information content (AvgIpc) is 2.47. The normalized spacial score (nSPS) is 16.7. The molecule has 0 atom stereocenters. The van der Waals surface area contributed by atoms with Gasteiger partial charge >= 0.3 is 0 Å². The molecule has 1 amide bonds. The summed E-state index contributed by atoms with van der Waals surface area (Å²) in [7, 11) is 0. The number of piperidine rings is 1. The molecule has 0 aromatic heterocycles. The largest absolute Gasteiger partial charge is 0.481 e. The maximum absolute atomic E-state index is 13.3. The molecule has 0 spiro atoms. The third kappa shape index (κ3) is 4.67. The number of benzene rings is 1. The van der Waals surface area contributed by atoms with Crippen molar-refractivity contribution in [3.05, 3.63) is 29.8 Å². The molecule has 0 radical (unpaired) electrons. The Kier molecular flexibility index (Phi) is 5.50. The number of hydrogen-bond acceptors (Lipinski definition) is 3. The highest BCUT2D eigenvalue weighted by Crippen LogP contribution is 2.17. The zero-order chi connectivity index (χ0) is 15.2. The maximum Gasteiger partial charge on any atom is 0.258 e. The van der Waals surface area contributed by atoms with Gasteiger partial charge in [0.05, 0.1) is 0 Å². The average molecular weight is 298 g/mol. The summed E-state index contributed by atoms with van der Waals surface area (Å²) in [5.74, 6) is -1.88. The predicted molar refractivity (Wildman–Crippen MR) is 75.1 cm³/mol. The van der Waals surface area contributed by atoms with Gasteiger partial charge in [-0.05, 0) is 31.5 Å². The van der Waals surface area contributed by atoms with E-state index in [0.717, 1.165) is 44.6 Å². The lowest BCUT2D eigenvalue weighted by Crippen LogP contribution is -2.45. The van der Waals surface area contributed by atoms with Crippen LogP contribution in [0.5, 0.6) is 5.75 Å². The molecule has 1 aromatic carbocycles. The summed E-state index contributed by atoms with van der Waals surface area (Å²) in [6.07, 6.45) is 1.81. The third-order valence-corrected chi connectivity index (χ3v) is 3.65. The van der Waals surface area contributed by atoms with E-state index in [1.807, 2.05) is 0 Å². The predicted octanol–water partition coefficient (Wildman–Crippen LogP) is 1.94. The van der Waals surface area contributed by atoms with Crippen molar-refractivity contribution in [1.82, 2.24) is 10.2 Å². The number of nitrogens with zero attached hydrogens (tertiary/aromatic N) is 1. The SMILES string of the molecule is CCN1CCC(NC(=O)COc2ccc(F)cc2F)CC1. The molecule has 1 saturated heterocycles. The highest BCUT2D eigenvalue weighted by molar-refractivity contribution is 5.77. The molecule has 0 bridgehead atoms. The monoisotopic (exact) mass is 298 g/mol. The molecule has 0 unspecified atom stereocenters. The first-order valence-electron chi connectivity index (χ1n) is 7.18. The second-order valence-electron chi connectivity index (χ2n) is 5.14. The van der Waals surface area contributed by atoms with E-state index in [0.29, 0.717) is 0 Å². The molecule has 6 heteroatoms. The second-order valence-corrected chi connectivity index (χ2v) is 5.14. The molecule has 116 valence electrons. The molecule has 2 rings (SSSR count). The quantitative estimate of drug-likeness (QED) is 0.903. The van der Waals surface area contributed by atoms with E-state index >= 15 is 0 Å². The number of halogens is 2. The van der Waals surface area contributed by atoms with Gasteiger partial charge in [-0.25, -0.2) is 8.78 Å². The van der Waals surface area contributed by atoms with Gasteiger partial charge < -0.3 is 15.0 Å². The number of carbonyl (C=O) groups excluding carboxylic acids is 1. The summed E-state index contributed by atoms with van der Waals surface area (Å²) < 4.78 is 31.1. The number of amides is 1. The number of rotatable bonds is 5. The van der Waals surface area contributed by atoms with Crippen LogP contribution in [0.4, 0.5) is 8.78 Å². The van der Waals surface area contributed by atoms with Gasteiger partial charge in [0.1, 0.15) is 5.82 Å². The molecular weight excluding hydrogens is 278 g/mol. The van der Waals surface area contributed by atoms with Gasteiger partial charge in [-0.2, -0.15) is 0 Å². The van der Waals surface area contributed by atoms with Crippen LogP contribution in [0.3, 0.4) is 0 Å².